The summed E-state index contributed by atoms with van der Waals surface area (Å²) in [6.07, 6.45) is 1.61. The maximum atomic E-state index is 12.3. The third kappa shape index (κ3) is 3.31. The van der Waals surface area contributed by atoms with E-state index in [0.717, 1.165) is 11.3 Å². The normalized spacial score (nSPS) is 10.1. The first-order valence-electron chi connectivity index (χ1n) is 6.61. The highest BCUT2D eigenvalue weighted by Crippen LogP contribution is 2.22. The molecule has 0 atom stereocenters. The predicted molar refractivity (Wildman–Crippen MR) is 84.2 cm³/mol. The number of benzene rings is 1. The van der Waals surface area contributed by atoms with Gasteiger partial charge in [-0.1, -0.05) is 0 Å². The number of ether oxygens (including phenoxy) is 1. The summed E-state index contributed by atoms with van der Waals surface area (Å²) in [5.41, 5.74) is 2.72. The molecule has 1 aromatic heterocycles. The molecule has 0 radical (unpaired) electrons. The Morgan fingerprint density at radius 2 is 2.05 bits per heavy atom. The number of nitrogens with zero attached hydrogens (tertiary/aromatic N) is 2. The van der Waals surface area contributed by atoms with E-state index in [2.05, 4.69) is 10.3 Å². The van der Waals surface area contributed by atoms with Gasteiger partial charge in [-0.15, -0.1) is 0 Å². The molecule has 1 heterocycles. The fourth-order valence-corrected chi connectivity index (χ4v) is 2.13. The summed E-state index contributed by atoms with van der Waals surface area (Å²) in [5.74, 6) is 0.743. The van der Waals surface area contributed by atoms with E-state index < -0.39 is 0 Å². The SMILES string of the molecule is COc1cccnc1NC(=O)c1ccc(N(C)C)c(C)c1. The van der Waals surface area contributed by atoms with Crippen molar-refractivity contribution in [3.63, 3.8) is 0 Å². The van der Waals surface area contributed by atoms with Gasteiger partial charge in [-0.2, -0.15) is 0 Å². The Morgan fingerprint density at radius 3 is 2.67 bits per heavy atom. The Labute approximate surface area is 124 Å². The van der Waals surface area contributed by atoms with Crippen LogP contribution in [0, 0.1) is 6.92 Å². The van der Waals surface area contributed by atoms with E-state index in [4.69, 9.17) is 4.74 Å². The lowest BCUT2D eigenvalue weighted by atomic mass is 10.1. The summed E-state index contributed by atoms with van der Waals surface area (Å²) < 4.78 is 5.17. The predicted octanol–water partition coefficient (Wildman–Crippen LogP) is 2.72. The zero-order chi connectivity index (χ0) is 15.4. The van der Waals surface area contributed by atoms with Gasteiger partial charge in [-0.05, 0) is 42.8 Å². The molecule has 1 N–H and O–H groups in total. The molecule has 5 nitrogen and oxygen atoms in total. The number of pyridine rings is 1. The molecule has 21 heavy (non-hydrogen) atoms. The molecule has 110 valence electrons. The largest absolute Gasteiger partial charge is 0.493 e. The third-order valence-corrected chi connectivity index (χ3v) is 3.16. The van der Waals surface area contributed by atoms with Gasteiger partial charge in [0.2, 0.25) is 0 Å². The zero-order valence-corrected chi connectivity index (χ0v) is 12.7. The number of carbonyl (C=O) groups excluding carboxylic acids is 1. The van der Waals surface area contributed by atoms with Gasteiger partial charge in [-0.3, -0.25) is 4.79 Å². The molecule has 0 fully saturated rings. The van der Waals surface area contributed by atoms with E-state index in [0.29, 0.717) is 17.1 Å². The Hall–Kier alpha value is -2.56. The van der Waals surface area contributed by atoms with Gasteiger partial charge >= 0.3 is 0 Å². The van der Waals surface area contributed by atoms with Crippen LogP contribution in [-0.4, -0.2) is 32.1 Å². The molecule has 0 aliphatic rings. The summed E-state index contributed by atoms with van der Waals surface area (Å²) in [4.78, 5) is 18.4. The molecule has 1 amide bonds. The van der Waals surface area contributed by atoms with E-state index in [1.165, 1.54) is 0 Å². The van der Waals surface area contributed by atoms with E-state index in [9.17, 15) is 4.79 Å². The maximum absolute atomic E-state index is 12.3. The van der Waals surface area contributed by atoms with Crippen LogP contribution in [0.2, 0.25) is 0 Å². The Balaban J connectivity index is 2.23. The monoisotopic (exact) mass is 285 g/mol. The van der Waals surface area contributed by atoms with Crippen molar-refractivity contribution in [3.05, 3.63) is 47.7 Å². The highest BCUT2D eigenvalue weighted by Gasteiger charge is 2.12. The average Bonchev–Trinajstić information content (AvgIpc) is 2.47. The number of anilines is 2. The van der Waals surface area contributed by atoms with Crippen molar-refractivity contribution in [2.45, 2.75) is 6.92 Å². The second-order valence-electron chi connectivity index (χ2n) is 4.90. The fourth-order valence-electron chi connectivity index (χ4n) is 2.13. The number of methoxy groups -OCH3 is 1. The maximum Gasteiger partial charge on any atom is 0.256 e. The van der Waals surface area contributed by atoms with Gasteiger partial charge in [-0.25, -0.2) is 4.98 Å². The van der Waals surface area contributed by atoms with Crippen LogP contribution in [0.4, 0.5) is 11.5 Å². The van der Waals surface area contributed by atoms with Crippen LogP contribution >= 0.6 is 0 Å². The summed E-state index contributed by atoms with van der Waals surface area (Å²) in [6, 6.07) is 9.10. The first kappa shape index (κ1) is 14.8. The van der Waals surface area contributed by atoms with Crippen LogP contribution in [0.25, 0.3) is 0 Å². The minimum atomic E-state index is -0.208. The van der Waals surface area contributed by atoms with Gasteiger partial charge in [0.25, 0.3) is 5.91 Å². The van der Waals surface area contributed by atoms with Gasteiger partial charge in [0.1, 0.15) is 0 Å². The van der Waals surface area contributed by atoms with Crippen molar-refractivity contribution in [2.24, 2.45) is 0 Å². The minimum absolute atomic E-state index is 0.208. The van der Waals surface area contributed by atoms with E-state index in [1.807, 2.05) is 38.1 Å². The summed E-state index contributed by atoms with van der Waals surface area (Å²) in [5, 5.41) is 2.76. The van der Waals surface area contributed by atoms with E-state index >= 15 is 0 Å². The Bertz CT molecular complexity index is 654. The Morgan fingerprint density at radius 1 is 1.29 bits per heavy atom. The van der Waals surface area contributed by atoms with Crippen LogP contribution < -0.4 is 15.0 Å². The van der Waals surface area contributed by atoms with Crippen molar-refractivity contribution in [3.8, 4) is 5.75 Å². The minimum Gasteiger partial charge on any atom is -0.493 e. The van der Waals surface area contributed by atoms with E-state index in [-0.39, 0.29) is 5.91 Å². The van der Waals surface area contributed by atoms with Crippen molar-refractivity contribution in [2.75, 3.05) is 31.4 Å². The van der Waals surface area contributed by atoms with Crippen molar-refractivity contribution < 1.29 is 9.53 Å². The molecule has 0 spiro atoms. The van der Waals surface area contributed by atoms with Gasteiger partial charge < -0.3 is 15.0 Å². The van der Waals surface area contributed by atoms with Crippen LogP contribution in [0.1, 0.15) is 15.9 Å². The van der Waals surface area contributed by atoms with Gasteiger partial charge in [0.15, 0.2) is 11.6 Å². The first-order valence-corrected chi connectivity index (χ1v) is 6.61. The molecule has 0 aliphatic heterocycles. The van der Waals surface area contributed by atoms with Crippen molar-refractivity contribution in [1.82, 2.24) is 4.98 Å². The lowest BCUT2D eigenvalue weighted by molar-refractivity contribution is 0.102. The molecular formula is C16H19N3O2. The lowest BCUT2D eigenvalue weighted by Crippen LogP contribution is -2.15. The number of nitrogens with one attached hydrogen (secondary N) is 1. The Kier molecular flexibility index (Phi) is 4.42. The second-order valence-corrected chi connectivity index (χ2v) is 4.90. The molecule has 0 unspecified atom stereocenters. The third-order valence-electron chi connectivity index (χ3n) is 3.16. The summed E-state index contributed by atoms with van der Waals surface area (Å²) in [7, 11) is 5.49. The number of rotatable bonds is 4. The highest BCUT2D eigenvalue weighted by atomic mass is 16.5. The summed E-state index contributed by atoms with van der Waals surface area (Å²) in [6.45, 7) is 1.98. The van der Waals surface area contributed by atoms with Crippen LogP contribution in [-0.2, 0) is 0 Å². The molecule has 1 aromatic carbocycles. The van der Waals surface area contributed by atoms with E-state index in [1.54, 1.807) is 31.5 Å². The van der Waals surface area contributed by atoms with Crippen LogP contribution in [0.3, 0.4) is 0 Å². The molecule has 0 bridgehead atoms. The second kappa shape index (κ2) is 6.26. The smallest absolute Gasteiger partial charge is 0.256 e. The molecule has 2 rings (SSSR count). The standard InChI is InChI=1S/C16H19N3O2/c1-11-10-12(7-8-13(11)19(2)3)16(20)18-15-14(21-4)6-5-9-17-15/h5-10H,1-4H3,(H,17,18,20). The number of aromatic nitrogens is 1. The van der Waals surface area contributed by atoms with Gasteiger partial charge in [0, 0.05) is 31.5 Å². The number of hydrogen-bond donors (Lipinski definition) is 1. The molecule has 5 heteroatoms. The van der Waals surface area contributed by atoms with Crippen molar-refractivity contribution in [1.29, 1.82) is 0 Å². The number of aryl methyl sites for hydroxylation is 1. The van der Waals surface area contributed by atoms with Crippen molar-refractivity contribution >= 4 is 17.4 Å². The topological polar surface area (TPSA) is 54.5 Å². The summed E-state index contributed by atoms with van der Waals surface area (Å²) >= 11 is 0. The number of carbonyl (C=O) groups is 1. The fraction of sp³-hybridized carbons (Fsp3) is 0.250. The highest BCUT2D eigenvalue weighted by molar-refractivity contribution is 6.04. The number of hydrogen-bond acceptors (Lipinski definition) is 4. The molecule has 2 aromatic rings. The van der Waals surface area contributed by atoms with Gasteiger partial charge in [0.05, 0.1) is 7.11 Å². The molecule has 0 saturated heterocycles. The average molecular weight is 285 g/mol. The zero-order valence-electron chi connectivity index (χ0n) is 12.7. The van der Waals surface area contributed by atoms with Crippen LogP contribution in [0.15, 0.2) is 36.5 Å². The quantitative estimate of drug-likeness (QED) is 0.938. The number of amides is 1. The first-order chi connectivity index (χ1) is 10.0. The lowest BCUT2D eigenvalue weighted by Gasteiger charge is -2.16. The van der Waals surface area contributed by atoms with Crippen LogP contribution in [0.5, 0.6) is 5.75 Å². The molecule has 0 saturated carbocycles. The molecular weight excluding hydrogens is 266 g/mol. The molecule has 0 aliphatic carbocycles.